The van der Waals surface area contributed by atoms with Crippen LogP contribution < -0.4 is 5.32 Å². The maximum Gasteiger partial charge on any atom is 0.255 e. The van der Waals surface area contributed by atoms with Gasteiger partial charge in [-0.15, -0.1) is 0 Å². The van der Waals surface area contributed by atoms with Gasteiger partial charge < -0.3 is 14.6 Å². The van der Waals surface area contributed by atoms with E-state index in [0.717, 1.165) is 28.5 Å². The van der Waals surface area contributed by atoms with E-state index in [0.29, 0.717) is 30.4 Å². The van der Waals surface area contributed by atoms with E-state index in [9.17, 15) is 22.8 Å². The third-order valence-corrected chi connectivity index (χ3v) is 5.94. The average molecular weight is 457 g/mol. The van der Waals surface area contributed by atoms with Crippen LogP contribution in [0.5, 0.6) is 0 Å². The monoisotopic (exact) mass is 457 g/mol. The number of halogens is 3. The van der Waals surface area contributed by atoms with Gasteiger partial charge in [-0.1, -0.05) is 0 Å². The topological polar surface area (TPSA) is 75.4 Å². The molecule has 6 nitrogen and oxygen atoms in total. The number of carbonyl (C=O) groups is 2. The average Bonchev–Trinajstić information content (AvgIpc) is 3.24. The normalized spacial score (nSPS) is 13.1. The number of nitrogens with one attached hydrogen (secondary N) is 1. The van der Waals surface area contributed by atoms with E-state index in [1.54, 1.807) is 19.2 Å². The molecule has 172 valence electrons. The molecule has 0 spiro atoms. The minimum Gasteiger partial charge on any atom is -0.469 e. The van der Waals surface area contributed by atoms with Crippen molar-refractivity contribution >= 4 is 11.8 Å². The molecule has 1 N–H and O–H groups in total. The van der Waals surface area contributed by atoms with Gasteiger partial charge >= 0.3 is 0 Å². The SMILES string of the molecule is Cc1ncc2c(c1CNC(=O)c1ccoc1C)CCN(C(=O)Cc1c(F)ccc(F)c1F)C2. The first-order chi connectivity index (χ1) is 15.8. The summed E-state index contributed by atoms with van der Waals surface area (Å²) in [5, 5.41) is 2.88. The summed E-state index contributed by atoms with van der Waals surface area (Å²) in [5.41, 5.74) is 3.30. The van der Waals surface area contributed by atoms with Crippen LogP contribution >= 0.6 is 0 Å². The van der Waals surface area contributed by atoms with Crippen molar-refractivity contribution in [3.8, 4) is 0 Å². The van der Waals surface area contributed by atoms with Crippen LogP contribution in [0.2, 0.25) is 0 Å². The van der Waals surface area contributed by atoms with Gasteiger partial charge in [0, 0.05) is 37.1 Å². The molecule has 0 radical (unpaired) electrons. The Hall–Kier alpha value is -3.62. The second-order valence-corrected chi connectivity index (χ2v) is 7.96. The molecule has 33 heavy (non-hydrogen) atoms. The summed E-state index contributed by atoms with van der Waals surface area (Å²) in [7, 11) is 0. The van der Waals surface area contributed by atoms with Gasteiger partial charge in [0.25, 0.3) is 5.91 Å². The lowest BCUT2D eigenvalue weighted by Gasteiger charge is -2.30. The van der Waals surface area contributed by atoms with E-state index >= 15 is 0 Å². The van der Waals surface area contributed by atoms with Crippen LogP contribution in [0.1, 0.15) is 44.1 Å². The fourth-order valence-electron chi connectivity index (χ4n) is 4.05. The number of hydrogen-bond donors (Lipinski definition) is 1. The van der Waals surface area contributed by atoms with Crippen LogP contribution in [0.25, 0.3) is 0 Å². The zero-order chi connectivity index (χ0) is 23.7. The number of carbonyl (C=O) groups excluding carboxylic acids is 2. The standard InChI is InChI=1S/C24H22F3N3O3/c1-13-19(11-29-24(32)16-6-8-33-14(16)2)17-5-7-30(12-15(17)10-28-13)22(31)9-18-20(25)3-4-21(26)23(18)27/h3-4,6,8,10H,5,7,9,11-12H2,1-2H3,(H,29,32). The molecule has 4 rings (SSSR count). The maximum atomic E-state index is 14.0. The highest BCUT2D eigenvalue weighted by Gasteiger charge is 2.26. The minimum atomic E-state index is -1.34. The number of rotatable bonds is 5. The second-order valence-electron chi connectivity index (χ2n) is 7.96. The quantitative estimate of drug-likeness (QED) is 0.592. The van der Waals surface area contributed by atoms with Gasteiger partial charge in [-0.3, -0.25) is 14.6 Å². The highest BCUT2D eigenvalue weighted by molar-refractivity contribution is 5.95. The van der Waals surface area contributed by atoms with Crippen LogP contribution in [-0.4, -0.2) is 28.2 Å². The molecule has 0 aliphatic carbocycles. The Bertz CT molecular complexity index is 1240. The van der Waals surface area contributed by atoms with Gasteiger partial charge in [0.2, 0.25) is 5.91 Å². The van der Waals surface area contributed by atoms with Crippen molar-refractivity contribution in [3.05, 3.63) is 87.4 Å². The molecule has 2 aromatic heterocycles. The van der Waals surface area contributed by atoms with Crippen LogP contribution in [0.4, 0.5) is 13.2 Å². The molecule has 0 saturated heterocycles. The van der Waals surface area contributed by atoms with Gasteiger partial charge in [0.05, 0.1) is 18.2 Å². The van der Waals surface area contributed by atoms with Crippen molar-refractivity contribution in [2.24, 2.45) is 0 Å². The third-order valence-electron chi connectivity index (χ3n) is 5.94. The summed E-state index contributed by atoms with van der Waals surface area (Å²) in [5.74, 6) is -3.73. The number of benzene rings is 1. The van der Waals surface area contributed by atoms with Crippen molar-refractivity contribution in [1.82, 2.24) is 15.2 Å². The number of aromatic nitrogens is 1. The Morgan fingerprint density at radius 1 is 1.12 bits per heavy atom. The van der Waals surface area contributed by atoms with E-state index < -0.39 is 35.3 Å². The van der Waals surface area contributed by atoms with Crippen LogP contribution in [0.15, 0.2) is 35.1 Å². The predicted molar refractivity (Wildman–Crippen MR) is 113 cm³/mol. The molecule has 0 unspecified atom stereocenters. The third kappa shape index (κ3) is 4.48. The minimum absolute atomic E-state index is 0.210. The van der Waals surface area contributed by atoms with Crippen LogP contribution in [0, 0.1) is 31.3 Å². The van der Waals surface area contributed by atoms with E-state index in [2.05, 4.69) is 10.3 Å². The molecule has 3 heterocycles. The van der Waals surface area contributed by atoms with Gasteiger partial charge in [-0.25, -0.2) is 13.2 Å². The Kier molecular flexibility index (Phi) is 6.22. The lowest BCUT2D eigenvalue weighted by Crippen LogP contribution is -2.38. The zero-order valence-corrected chi connectivity index (χ0v) is 18.2. The molecule has 2 amide bonds. The predicted octanol–water partition coefficient (Wildman–Crippen LogP) is 3.77. The second kappa shape index (κ2) is 9.09. The van der Waals surface area contributed by atoms with E-state index in [4.69, 9.17) is 4.42 Å². The number of amides is 2. The molecule has 1 aromatic carbocycles. The Morgan fingerprint density at radius 2 is 1.88 bits per heavy atom. The fourth-order valence-corrected chi connectivity index (χ4v) is 4.05. The molecule has 1 aliphatic heterocycles. The summed E-state index contributed by atoms with van der Waals surface area (Å²) >= 11 is 0. The molecular formula is C24H22F3N3O3. The number of aryl methyl sites for hydroxylation is 2. The van der Waals surface area contributed by atoms with Crippen LogP contribution in [0.3, 0.4) is 0 Å². The summed E-state index contributed by atoms with van der Waals surface area (Å²) in [6.07, 6.45) is 3.04. The Labute approximate surface area is 188 Å². The lowest BCUT2D eigenvalue weighted by atomic mass is 9.94. The van der Waals surface area contributed by atoms with Gasteiger partial charge in [0.15, 0.2) is 11.6 Å². The molecule has 0 bridgehead atoms. The smallest absolute Gasteiger partial charge is 0.255 e. The summed E-state index contributed by atoms with van der Waals surface area (Å²) < 4.78 is 46.5. The number of fused-ring (bicyclic) bond motifs is 1. The first-order valence-electron chi connectivity index (χ1n) is 10.4. The highest BCUT2D eigenvalue weighted by Crippen LogP contribution is 2.25. The highest BCUT2D eigenvalue weighted by atomic mass is 19.2. The first-order valence-corrected chi connectivity index (χ1v) is 10.4. The molecule has 1 aliphatic rings. The molecule has 3 aromatic rings. The Balaban J connectivity index is 1.48. The van der Waals surface area contributed by atoms with Crippen LogP contribution in [-0.2, 0) is 30.7 Å². The first kappa shape index (κ1) is 22.6. The summed E-state index contributed by atoms with van der Waals surface area (Å²) in [6, 6.07) is 3.10. The number of pyridine rings is 1. The van der Waals surface area contributed by atoms with E-state index in [1.807, 2.05) is 6.92 Å². The van der Waals surface area contributed by atoms with Crippen molar-refractivity contribution in [2.75, 3.05) is 6.54 Å². The molecule has 0 fully saturated rings. The molecule has 9 heteroatoms. The molecule has 0 saturated carbocycles. The fraction of sp³-hybridized carbons (Fsp3) is 0.292. The largest absolute Gasteiger partial charge is 0.469 e. The number of furan rings is 1. The van der Waals surface area contributed by atoms with Crippen molar-refractivity contribution in [3.63, 3.8) is 0 Å². The lowest BCUT2D eigenvalue weighted by molar-refractivity contribution is -0.131. The van der Waals surface area contributed by atoms with E-state index in [1.165, 1.54) is 11.2 Å². The zero-order valence-electron chi connectivity index (χ0n) is 18.2. The van der Waals surface area contributed by atoms with Crippen molar-refractivity contribution < 1.29 is 27.2 Å². The molecule has 0 atom stereocenters. The van der Waals surface area contributed by atoms with E-state index in [-0.39, 0.29) is 19.0 Å². The summed E-state index contributed by atoms with van der Waals surface area (Å²) in [6.45, 7) is 4.35. The Morgan fingerprint density at radius 3 is 2.61 bits per heavy atom. The number of nitrogens with zero attached hydrogens (tertiary/aromatic N) is 2. The number of hydrogen-bond acceptors (Lipinski definition) is 4. The van der Waals surface area contributed by atoms with Gasteiger partial charge in [-0.2, -0.15) is 0 Å². The van der Waals surface area contributed by atoms with Gasteiger partial charge in [-0.05, 0) is 55.2 Å². The van der Waals surface area contributed by atoms with Crippen molar-refractivity contribution in [2.45, 2.75) is 39.8 Å². The molecular weight excluding hydrogens is 435 g/mol. The summed E-state index contributed by atoms with van der Waals surface area (Å²) in [4.78, 5) is 31.0. The maximum absolute atomic E-state index is 14.0. The van der Waals surface area contributed by atoms with Crippen molar-refractivity contribution in [1.29, 1.82) is 0 Å². The van der Waals surface area contributed by atoms with Gasteiger partial charge in [0.1, 0.15) is 11.6 Å².